The van der Waals surface area contributed by atoms with Gasteiger partial charge in [0.2, 0.25) is 5.91 Å². The molecule has 8 heteroatoms. The van der Waals surface area contributed by atoms with Gasteiger partial charge in [0.15, 0.2) is 5.16 Å². The van der Waals surface area contributed by atoms with Crippen LogP contribution in [-0.2, 0) is 4.79 Å². The van der Waals surface area contributed by atoms with E-state index in [4.69, 9.17) is 22.1 Å². The zero-order chi connectivity index (χ0) is 19.6. The number of ether oxygens (including phenoxy) is 1. The van der Waals surface area contributed by atoms with Crippen LogP contribution in [0.15, 0.2) is 46.3 Å². The summed E-state index contributed by atoms with van der Waals surface area (Å²) < 4.78 is 6.95. The summed E-state index contributed by atoms with van der Waals surface area (Å²) in [5.74, 6) is 0.546. The van der Waals surface area contributed by atoms with E-state index in [0.717, 1.165) is 5.56 Å². The molecule has 0 aliphatic heterocycles. The predicted molar refractivity (Wildman–Crippen MR) is 108 cm³/mol. The normalized spacial score (nSPS) is 10.9. The van der Waals surface area contributed by atoms with Gasteiger partial charge in [0.05, 0.1) is 23.7 Å². The third-order valence-electron chi connectivity index (χ3n) is 3.96. The maximum absolute atomic E-state index is 13.3. The van der Waals surface area contributed by atoms with E-state index < -0.39 is 5.91 Å². The smallest absolute Gasteiger partial charge is 0.266 e. The maximum atomic E-state index is 13.3. The van der Waals surface area contributed by atoms with Crippen molar-refractivity contribution in [2.75, 3.05) is 12.9 Å². The Kier molecular flexibility index (Phi) is 5.72. The second-order valence-corrected chi connectivity index (χ2v) is 7.43. The number of rotatable bonds is 6. The van der Waals surface area contributed by atoms with E-state index in [1.807, 2.05) is 19.1 Å². The lowest BCUT2D eigenvalue weighted by molar-refractivity contribution is -0.117. The lowest BCUT2D eigenvalue weighted by Gasteiger charge is -2.16. The molecule has 0 atom stereocenters. The van der Waals surface area contributed by atoms with Gasteiger partial charge >= 0.3 is 0 Å². The number of aryl methyl sites for hydroxylation is 1. The van der Waals surface area contributed by atoms with Crippen molar-refractivity contribution in [2.24, 2.45) is 5.73 Å². The number of amides is 1. The van der Waals surface area contributed by atoms with Gasteiger partial charge in [0.25, 0.3) is 5.56 Å². The first-order valence-corrected chi connectivity index (χ1v) is 9.55. The van der Waals surface area contributed by atoms with Gasteiger partial charge in [-0.25, -0.2) is 4.98 Å². The van der Waals surface area contributed by atoms with Crippen molar-refractivity contribution in [1.82, 2.24) is 9.55 Å². The molecular weight excluding hydrogens is 386 g/mol. The van der Waals surface area contributed by atoms with E-state index in [9.17, 15) is 9.59 Å². The molecule has 27 heavy (non-hydrogen) atoms. The molecule has 0 fully saturated rings. The molecule has 2 N–H and O–H groups in total. The summed E-state index contributed by atoms with van der Waals surface area (Å²) in [4.78, 5) is 29.0. The zero-order valence-electron chi connectivity index (χ0n) is 14.9. The highest BCUT2D eigenvalue weighted by atomic mass is 35.5. The molecule has 0 saturated carbocycles. The van der Waals surface area contributed by atoms with Gasteiger partial charge in [-0.2, -0.15) is 0 Å². The Morgan fingerprint density at radius 2 is 2.07 bits per heavy atom. The third-order valence-corrected chi connectivity index (χ3v) is 5.13. The first kappa shape index (κ1) is 19.3. The minimum Gasteiger partial charge on any atom is -0.495 e. The van der Waals surface area contributed by atoms with E-state index in [2.05, 4.69) is 4.98 Å². The molecule has 6 nitrogen and oxygen atoms in total. The molecule has 2 aromatic carbocycles. The van der Waals surface area contributed by atoms with Crippen LogP contribution in [0.1, 0.15) is 12.0 Å². The van der Waals surface area contributed by atoms with Gasteiger partial charge in [-0.1, -0.05) is 29.4 Å². The average Bonchev–Trinajstić information content (AvgIpc) is 2.61. The topological polar surface area (TPSA) is 87.2 Å². The molecule has 0 aliphatic rings. The summed E-state index contributed by atoms with van der Waals surface area (Å²) in [6.07, 6.45) is 0.180. The number of nitrogens with zero attached hydrogens (tertiary/aromatic N) is 2. The van der Waals surface area contributed by atoms with Crippen molar-refractivity contribution < 1.29 is 9.53 Å². The van der Waals surface area contributed by atoms with Crippen LogP contribution in [-0.4, -0.2) is 28.3 Å². The lowest BCUT2D eigenvalue weighted by atomic mass is 10.2. The van der Waals surface area contributed by atoms with Crippen LogP contribution in [0.3, 0.4) is 0 Å². The highest BCUT2D eigenvalue weighted by Gasteiger charge is 2.17. The number of benzene rings is 2. The Bertz CT molecular complexity index is 1080. The second kappa shape index (κ2) is 8.02. The third kappa shape index (κ3) is 4.09. The largest absolute Gasteiger partial charge is 0.495 e. The summed E-state index contributed by atoms with van der Waals surface area (Å²) >= 11 is 7.34. The number of hydrogen-bond donors (Lipinski definition) is 1. The van der Waals surface area contributed by atoms with Crippen molar-refractivity contribution in [3.8, 4) is 11.4 Å². The molecule has 0 unspecified atom stereocenters. The number of aromatic nitrogens is 2. The molecule has 1 amide bonds. The molecule has 140 valence electrons. The Labute approximate surface area is 165 Å². The first-order chi connectivity index (χ1) is 12.9. The fourth-order valence-corrected chi connectivity index (χ4v) is 3.79. The van der Waals surface area contributed by atoms with Crippen molar-refractivity contribution in [3.63, 3.8) is 0 Å². The van der Waals surface area contributed by atoms with Crippen LogP contribution in [0.25, 0.3) is 16.6 Å². The SMILES string of the molecule is COc1ccc(C)cc1-n1c(SCCC(N)=O)nc2cc(Cl)ccc2c1=O. The second-order valence-electron chi connectivity index (χ2n) is 5.94. The van der Waals surface area contributed by atoms with Gasteiger partial charge in [-0.3, -0.25) is 14.2 Å². The fraction of sp³-hybridized carbons (Fsp3) is 0.211. The van der Waals surface area contributed by atoms with E-state index in [0.29, 0.717) is 38.3 Å². The molecule has 3 rings (SSSR count). The van der Waals surface area contributed by atoms with Crippen LogP contribution < -0.4 is 16.0 Å². The molecule has 0 aliphatic carbocycles. The number of carbonyl (C=O) groups is 1. The van der Waals surface area contributed by atoms with E-state index in [1.165, 1.54) is 16.3 Å². The zero-order valence-corrected chi connectivity index (χ0v) is 16.4. The molecule has 0 spiro atoms. The Morgan fingerprint density at radius 3 is 2.78 bits per heavy atom. The van der Waals surface area contributed by atoms with Crippen LogP contribution in [0.2, 0.25) is 5.02 Å². The van der Waals surface area contributed by atoms with Gasteiger partial charge in [0.1, 0.15) is 5.75 Å². The Hall–Kier alpha value is -2.51. The van der Waals surface area contributed by atoms with Gasteiger partial charge in [-0.15, -0.1) is 0 Å². The molecule has 1 aromatic heterocycles. The Balaban J connectivity index is 2.27. The molecule has 0 saturated heterocycles. The van der Waals surface area contributed by atoms with Crippen LogP contribution >= 0.6 is 23.4 Å². The quantitative estimate of drug-likeness (QED) is 0.504. The molecule has 3 aromatic rings. The van der Waals surface area contributed by atoms with Crippen LogP contribution in [0, 0.1) is 6.92 Å². The summed E-state index contributed by atoms with van der Waals surface area (Å²) in [7, 11) is 1.55. The van der Waals surface area contributed by atoms with Crippen molar-refractivity contribution >= 4 is 40.2 Å². The molecule has 0 radical (unpaired) electrons. The number of fused-ring (bicyclic) bond motifs is 1. The standard InChI is InChI=1S/C19H18ClN3O3S/c1-11-3-6-16(26-2)15(9-11)23-18(25)13-5-4-12(20)10-14(13)22-19(23)27-8-7-17(21)24/h3-6,9-10H,7-8H2,1-2H3,(H2,21,24). The summed E-state index contributed by atoms with van der Waals surface area (Å²) in [6, 6.07) is 10.5. The number of hydrogen-bond acceptors (Lipinski definition) is 5. The number of carbonyl (C=O) groups excluding carboxylic acids is 1. The van der Waals surface area contributed by atoms with Gasteiger partial charge in [0, 0.05) is 17.2 Å². The van der Waals surface area contributed by atoms with Gasteiger partial charge in [-0.05, 0) is 42.8 Å². The highest BCUT2D eigenvalue weighted by Crippen LogP contribution is 2.29. The van der Waals surface area contributed by atoms with E-state index in [-0.39, 0.29) is 12.0 Å². The molecule has 0 bridgehead atoms. The van der Waals surface area contributed by atoms with Crippen molar-refractivity contribution in [2.45, 2.75) is 18.5 Å². The number of methoxy groups -OCH3 is 1. The van der Waals surface area contributed by atoms with E-state index in [1.54, 1.807) is 31.4 Å². The van der Waals surface area contributed by atoms with Crippen molar-refractivity contribution in [3.05, 3.63) is 57.3 Å². The first-order valence-electron chi connectivity index (χ1n) is 8.19. The molecular formula is C19H18ClN3O3S. The van der Waals surface area contributed by atoms with Crippen LogP contribution in [0.4, 0.5) is 0 Å². The van der Waals surface area contributed by atoms with Crippen LogP contribution in [0.5, 0.6) is 5.75 Å². The number of thioether (sulfide) groups is 1. The van der Waals surface area contributed by atoms with E-state index >= 15 is 0 Å². The minimum absolute atomic E-state index is 0.180. The monoisotopic (exact) mass is 403 g/mol. The average molecular weight is 404 g/mol. The summed E-state index contributed by atoms with van der Waals surface area (Å²) in [6.45, 7) is 1.93. The number of halogens is 1. The maximum Gasteiger partial charge on any atom is 0.266 e. The summed E-state index contributed by atoms with van der Waals surface area (Å²) in [5, 5.41) is 1.38. The minimum atomic E-state index is -0.409. The number of primary amides is 1. The molecule has 1 heterocycles. The predicted octanol–water partition coefficient (Wildman–Crippen LogP) is 3.32. The fourth-order valence-electron chi connectivity index (χ4n) is 2.67. The Morgan fingerprint density at radius 1 is 1.30 bits per heavy atom. The van der Waals surface area contributed by atoms with Gasteiger partial charge < -0.3 is 10.5 Å². The van der Waals surface area contributed by atoms with Crippen molar-refractivity contribution in [1.29, 1.82) is 0 Å². The highest BCUT2D eigenvalue weighted by molar-refractivity contribution is 7.99. The number of nitrogens with two attached hydrogens (primary N) is 1. The summed E-state index contributed by atoms with van der Waals surface area (Å²) in [5.41, 5.74) is 7.06. The lowest BCUT2D eigenvalue weighted by Crippen LogP contribution is -2.22.